The van der Waals surface area contributed by atoms with Crippen LogP contribution in [0.5, 0.6) is 0 Å². The second kappa shape index (κ2) is 5.61. The van der Waals surface area contributed by atoms with Crippen molar-refractivity contribution in [2.75, 3.05) is 7.11 Å². The molecule has 0 amide bonds. The van der Waals surface area contributed by atoms with Gasteiger partial charge >= 0.3 is 0 Å². The minimum absolute atomic E-state index is 0.876. The van der Waals surface area contributed by atoms with Gasteiger partial charge in [-0.2, -0.15) is 0 Å². The van der Waals surface area contributed by atoms with E-state index in [9.17, 15) is 0 Å². The summed E-state index contributed by atoms with van der Waals surface area (Å²) in [6.45, 7) is 0. The molecule has 0 unspecified atom stereocenters. The van der Waals surface area contributed by atoms with Crippen LogP contribution in [0.4, 0.5) is 0 Å². The molecule has 0 heterocycles. The Morgan fingerprint density at radius 1 is 1.12 bits per heavy atom. The quantitative estimate of drug-likeness (QED) is 0.573. The van der Waals surface area contributed by atoms with Gasteiger partial charge in [0.1, 0.15) is 0 Å². The van der Waals surface area contributed by atoms with Crippen LogP contribution in [0, 0.1) is 0 Å². The van der Waals surface area contributed by atoms with E-state index in [1.807, 2.05) is 12.1 Å². The number of methoxy groups -OCH3 is 1. The third-order valence-electron chi connectivity index (χ3n) is 2.32. The second-order valence-corrected chi connectivity index (χ2v) is 4.74. The molecule has 0 saturated heterocycles. The van der Waals surface area contributed by atoms with Crippen LogP contribution in [0.25, 0.3) is 0 Å². The lowest BCUT2D eigenvalue weighted by Crippen LogP contribution is -1.84. The molecule has 82 valence electrons. The molecular weight excluding hydrogens is 216 g/mol. The normalized spacial score (nSPS) is 15.1. The standard InChI is InChI=1S/C14H14OS/c1-15-12-6-5-9-14(11-10-12)16-13-7-3-2-4-8-13/h2-5,7-11H,6H2,1H3/p+1. The summed E-state index contributed by atoms with van der Waals surface area (Å²) in [6.07, 6.45) is 9.35. The summed E-state index contributed by atoms with van der Waals surface area (Å²) in [5.41, 5.74) is 0. The fraction of sp³-hybridized carbons (Fsp3) is 0.143. The fourth-order valence-electron chi connectivity index (χ4n) is 1.48. The second-order valence-electron chi connectivity index (χ2n) is 3.48. The summed E-state index contributed by atoms with van der Waals surface area (Å²) < 4.78 is 5.23. The molecule has 1 aliphatic carbocycles. The van der Waals surface area contributed by atoms with Crippen molar-refractivity contribution in [3.8, 4) is 0 Å². The van der Waals surface area contributed by atoms with Crippen molar-refractivity contribution in [2.45, 2.75) is 11.3 Å². The molecule has 1 aliphatic rings. The third kappa shape index (κ3) is 3.04. The third-order valence-corrected chi connectivity index (χ3v) is 3.44. The van der Waals surface area contributed by atoms with E-state index in [2.05, 4.69) is 42.5 Å². The number of benzene rings is 1. The Labute approximate surface area is 101 Å². The molecule has 0 aliphatic heterocycles. The molecule has 16 heavy (non-hydrogen) atoms. The topological polar surface area (TPSA) is 9.23 Å². The van der Waals surface area contributed by atoms with E-state index >= 15 is 0 Å². The zero-order chi connectivity index (χ0) is 11.2. The average molecular weight is 231 g/mol. The van der Waals surface area contributed by atoms with E-state index in [0.29, 0.717) is 0 Å². The zero-order valence-corrected chi connectivity index (χ0v) is 10.2. The van der Waals surface area contributed by atoms with Crippen LogP contribution in [-0.4, -0.2) is 7.11 Å². The molecular formula is C14H15OS+. The highest BCUT2D eigenvalue weighted by Gasteiger charge is 2.08. The summed E-state index contributed by atoms with van der Waals surface area (Å²) in [5.74, 6) is 1.01. The van der Waals surface area contributed by atoms with Crippen LogP contribution >= 0.6 is 0 Å². The minimum atomic E-state index is 0.876. The van der Waals surface area contributed by atoms with Crippen molar-refractivity contribution in [3.63, 3.8) is 0 Å². The van der Waals surface area contributed by atoms with Gasteiger partial charge in [0.05, 0.1) is 12.9 Å². The van der Waals surface area contributed by atoms with Crippen molar-refractivity contribution in [1.29, 1.82) is 0 Å². The highest BCUT2D eigenvalue weighted by atomic mass is 32.2. The van der Waals surface area contributed by atoms with E-state index in [4.69, 9.17) is 4.74 Å². The van der Waals surface area contributed by atoms with E-state index in [1.165, 1.54) is 21.6 Å². The molecule has 0 saturated carbocycles. The highest BCUT2D eigenvalue weighted by Crippen LogP contribution is 2.16. The van der Waals surface area contributed by atoms with Gasteiger partial charge in [0.2, 0.25) is 0 Å². The summed E-state index contributed by atoms with van der Waals surface area (Å²) in [5, 5.41) is 0. The maximum atomic E-state index is 5.23. The lowest BCUT2D eigenvalue weighted by Gasteiger charge is -1.98. The molecule has 0 bridgehead atoms. The summed E-state index contributed by atoms with van der Waals surface area (Å²) in [7, 11) is 1.72. The molecule has 1 aromatic carbocycles. The van der Waals surface area contributed by atoms with Gasteiger partial charge in [-0.05, 0) is 30.4 Å². The van der Waals surface area contributed by atoms with Crippen LogP contribution in [0.3, 0.4) is 0 Å². The van der Waals surface area contributed by atoms with Crippen LogP contribution < -0.4 is 0 Å². The number of ether oxygens (including phenoxy) is 1. The van der Waals surface area contributed by atoms with E-state index < -0.39 is 0 Å². The van der Waals surface area contributed by atoms with Gasteiger partial charge in [-0.1, -0.05) is 24.3 Å². The van der Waals surface area contributed by atoms with Gasteiger partial charge in [-0.3, -0.25) is 0 Å². The van der Waals surface area contributed by atoms with Gasteiger partial charge in [0.25, 0.3) is 0 Å². The molecule has 0 fully saturated rings. The Balaban J connectivity index is 2.11. The van der Waals surface area contributed by atoms with Crippen LogP contribution in [0.2, 0.25) is 0 Å². The molecule has 0 spiro atoms. The first-order valence-electron chi connectivity index (χ1n) is 5.26. The molecule has 2 rings (SSSR count). The van der Waals surface area contributed by atoms with Crippen LogP contribution in [0.1, 0.15) is 6.42 Å². The summed E-state index contributed by atoms with van der Waals surface area (Å²) in [4.78, 5) is 2.60. The van der Waals surface area contributed by atoms with Gasteiger partial charge < -0.3 is 4.74 Å². The predicted octanol–water partition coefficient (Wildman–Crippen LogP) is 3.23. The van der Waals surface area contributed by atoms with Crippen molar-refractivity contribution < 1.29 is 4.74 Å². The van der Waals surface area contributed by atoms with Crippen molar-refractivity contribution in [1.82, 2.24) is 0 Å². The predicted molar refractivity (Wildman–Crippen MR) is 70.4 cm³/mol. The molecule has 2 heteroatoms. The maximum Gasteiger partial charge on any atom is 0.158 e. The Morgan fingerprint density at radius 3 is 2.69 bits per heavy atom. The highest BCUT2D eigenvalue weighted by molar-refractivity contribution is 7.83. The number of rotatable bonds is 3. The zero-order valence-electron chi connectivity index (χ0n) is 9.26. The monoisotopic (exact) mass is 231 g/mol. The molecule has 0 aromatic heterocycles. The maximum absolute atomic E-state index is 5.23. The van der Waals surface area contributed by atoms with Gasteiger partial charge in [0, 0.05) is 18.2 Å². The lowest BCUT2D eigenvalue weighted by atomic mass is 10.3. The van der Waals surface area contributed by atoms with Crippen molar-refractivity contribution in [3.05, 3.63) is 65.3 Å². The van der Waals surface area contributed by atoms with Crippen LogP contribution in [0.15, 0.2) is 70.2 Å². The van der Waals surface area contributed by atoms with E-state index in [-0.39, 0.29) is 0 Å². The molecule has 0 radical (unpaired) electrons. The Kier molecular flexibility index (Phi) is 3.89. The fourth-order valence-corrected chi connectivity index (χ4v) is 2.42. The van der Waals surface area contributed by atoms with Crippen molar-refractivity contribution >= 4 is 11.8 Å². The Bertz CT molecular complexity index is 429. The molecule has 1 nitrogen and oxygen atoms in total. The largest absolute Gasteiger partial charge is 0.501 e. The number of hydrogen-bond acceptors (Lipinski definition) is 1. The van der Waals surface area contributed by atoms with Gasteiger partial charge in [-0.15, -0.1) is 0 Å². The summed E-state index contributed by atoms with van der Waals surface area (Å²) in [6, 6.07) is 10.5. The Hall–Kier alpha value is -1.41. The van der Waals surface area contributed by atoms with Crippen LogP contribution in [-0.2, 0) is 16.5 Å². The first-order chi connectivity index (χ1) is 7.88. The smallest absolute Gasteiger partial charge is 0.158 e. The molecule has 1 aromatic rings. The minimum Gasteiger partial charge on any atom is -0.501 e. The van der Waals surface area contributed by atoms with Gasteiger partial charge in [0.15, 0.2) is 9.80 Å². The SMILES string of the molecule is COC1=CC=C([SH+]c2ccccc2)C=CC1. The first-order valence-corrected chi connectivity index (χ1v) is 6.16. The lowest BCUT2D eigenvalue weighted by molar-refractivity contribution is 0.285. The van der Waals surface area contributed by atoms with Crippen molar-refractivity contribution in [2.24, 2.45) is 0 Å². The Morgan fingerprint density at radius 2 is 1.94 bits per heavy atom. The molecule has 0 atom stereocenters. The number of allylic oxidation sites excluding steroid dienone is 4. The average Bonchev–Trinajstić information content (AvgIpc) is 2.56. The van der Waals surface area contributed by atoms with E-state index in [1.54, 1.807) is 7.11 Å². The van der Waals surface area contributed by atoms with E-state index in [0.717, 1.165) is 12.2 Å². The van der Waals surface area contributed by atoms with Gasteiger partial charge in [-0.25, -0.2) is 0 Å². The number of hydrogen-bond donors (Lipinski definition) is 0. The summed E-state index contributed by atoms with van der Waals surface area (Å²) >= 11 is 1.24. The number of thiol groups is 1. The molecule has 0 N–H and O–H groups in total. The first kappa shape index (κ1) is 11.1.